The summed E-state index contributed by atoms with van der Waals surface area (Å²) in [5, 5.41) is 8.97. The minimum absolute atomic E-state index is 0.0202. The molecule has 2 unspecified atom stereocenters. The van der Waals surface area contributed by atoms with Gasteiger partial charge < -0.3 is 19.3 Å². The van der Waals surface area contributed by atoms with E-state index in [0.29, 0.717) is 24.5 Å². The summed E-state index contributed by atoms with van der Waals surface area (Å²) >= 11 is 0. The third-order valence-electron chi connectivity index (χ3n) is 4.12. The molecule has 0 radical (unpaired) electrons. The molecule has 0 aliphatic carbocycles. The Morgan fingerprint density at radius 3 is 3.00 bits per heavy atom. The Morgan fingerprint density at radius 1 is 1.38 bits per heavy atom. The van der Waals surface area contributed by atoms with E-state index in [0.717, 1.165) is 25.9 Å². The fraction of sp³-hybridized carbons (Fsp3) is 0.562. The molecule has 2 atom stereocenters. The Balaban J connectivity index is 1.70. The molecule has 2 fully saturated rings. The van der Waals surface area contributed by atoms with Crippen molar-refractivity contribution in [2.45, 2.75) is 37.4 Å². The van der Waals surface area contributed by atoms with Gasteiger partial charge in [-0.3, -0.25) is 4.79 Å². The van der Waals surface area contributed by atoms with Crippen molar-refractivity contribution in [3.8, 4) is 5.75 Å². The topological polar surface area (TPSA) is 65.0 Å². The number of hydrogen-bond acceptors (Lipinski definition) is 4. The molecule has 1 aromatic rings. The predicted octanol–water partition coefficient (Wildman–Crippen LogP) is 2.03. The molecule has 0 aromatic heterocycles. The Hall–Kier alpha value is -1.59. The molecule has 2 aliphatic heterocycles. The van der Waals surface area contributed by atoms with Crippen molar-refractivity contribution in [3.63, 3.8) is 0 Å². The first-order chi connectivity index (χ1) is 10.2. The Labute approximate surface area is 123 Å². The van der Waals surface area contributed by atoms with Crippen LogP contribution in [0.2, 0.25) is 0 Å². The molecule has 2 heterocycles. The lowest BCUT2D eigenvalue weighted by Gasteiger charge is -2.37. The lowest BCUT2D eigenvalue weighted by atomic mass is 9.91. The van der Waals surface area contributed by atoms with Crippen molar-refractivity contribution in [1.29, 1.82) is 0 Å². The molecular formula is C16H20O5. The fourth-order valence-corrected chi connectivity index (χ4v) is 3.05. The maximum atomic E-state index is 10.9. The van der Waals surface area contributed by atoms with Crippen LogP contribution >= 0.6 is 0 Å². The van der Waals surface area contributed by atoms with Gasteiger partial charge in [0.15, 0.2) is 0 Å². The van der Waals surface area contributed by atoms with E-state index in [4.69, 9.17) is 19.3 Å². The molecule has 5 nitrogen and oxygen atoms in total. The van der Waals surface area contributed by atoms with Crippen LogP contribution in [0.5, 0.6) is 5.75 Å². The SMILES string of the molecule is O=C(O)Cc1ccccc1OC1CCOC2(CCOC2)C1. The molecule has 1 aromatic carbocycles. The second kappa shape index (κ2) is 6.03. The summed E-state index contributed by atoms with van der Waals surface area (Å²) in [6.45, 7) is 2.03. The van der Waals surface area contributed by atoms with E-state index in [9.17, 15) is 4.79 Å². The number of rotatable bonds is 4. The molecule has 0 amide bonds. The smallest absolute Gasteiger partial charge is 0.307 e. The van der Waals surface area contributed by atoms with Gasteiger partial charge in [-0.15, -0.1) is 0 Å². The maximum Gasteiger partial charge on any atom is 0.307 e. The van der Waals surface area contributed by atoms with E-state index >= 15 is 0 Å². The van der Waals surface area contributed by atoms with E-state index in [-0.39, 0.29) is 18.1 Å². The number of benzene rings is 1. The van der Waals surface area contributed by atoms with Crippen LogP contribution in [-0.4, -0.2) is 42.6 Å². The maximum absolute atomic E-state index is 10.9. The van der Waals surface area contributed by atoms with Gasteiger partial charge in [0.2, 0.25) is 0 Å². The van der Waals surface area contributed by atoms with Gasteiger partial charge in [-0.2, -0.15) is 0 Å². The highest BCUT2D eigenvalue weighted by Crippen LogP contribution is 2.35. The van der Waals surface area contributed by atoms with E-state index in [1.807, 2.05) is 18.2 Å². The van der Waals surface area contributed by atoms with E-state index in [2.05, 4.69) is 0 Å². The Bertz CT molecular complexity index is 507. The van der Waals surface area contributed by atoms with E-state index in [1.165, 1.54) is 0 Å². The van der Waals surface area contributed by atoms with Gasteiger partial charge in [0.25, 0.3) is 0 Å². The first-order valence-corrected chi connectivity index (χ1v) is 7.35. The van der Waals surface area contributed by atoms with Crippen LogP contribution in [0, 0.1) is 0 Å². The van der Waals surface area contributed by atoms with Gasteiger partial charge in [0.05, 0.1) is 25.2 Å². The minimum atomic E-state index is -0.848. The highest BCUT2D eigenvalue weighted by Gasteiger charge is 2.41. The summed E-state index contributed by atoms with van der Waals surface area (Å²) in [5.74, 6) is -0.181. The van der Waals surface area contributed by atoms with Crippen molar-refractivity contribution < 1.29 is 24.1 Å². The predicted molar refractivity (Wildman–Crippen MR) is 75.6 cm³/mol. The standard InChI is InChI=1S/C16H20O5/c17-15(18)9-12-3-1-2-4-14(12)21-13-5-7-20-16(10-13)6-8-19-11-16/h1-4,13H,5-11H2,(H,17,18). The van der Waals surface area contributed by atoms with E-state index in [1.54, 1.807) is 6.07 Å². The van der Waals surface area contributed by atoms with Crippen LogP contribution in [0.15, 0.2) is 24.3 Å². The van der Waals surface area contributed by atoms with Crippen molar-refractivity contribution in [2.75, 3.05) is 19.8 Å². The van der Waals surface area contributed by atoms with Crippen LogP contribution < -0.4 is 4.74 Å². The number of carboxylic acids is 1. The molecule has 3 rings (SSSR count). The number of hydrogen-bond donors (Lipinski definition) is 1. The summed E-state index contributed by atoms with van der Waals surface area (Å²) in [4.78, 5) is 10.9. The van der Waals surface area contributed by atoms with Crippen molar-refractivity contribution in [2.24, 2.45) is 0 Å². The van der Waals surface area contributed by atoms with Crippen molar-refractivity contribution >= 4 is 5.97 Å². The largest absolute Gasteiger partial charge is 0.490 e. The number of para-hydroxylation sites is 1. The molecule has 21 heavy (non-hydrogen) atoms. The summed E-state index contributed by atoms with van der Waals surface area (Å²) < 4.78 is 17.4. The summed E-state index contributed by atoms with van der Waals surface area (Å²) in [6, 6.07) is 7.35. The van der Waals surface area contributed by atoms with Gasteiger partial charge in [0.1, 0.15) is 11.9 Å². The third kappa shape index (κ3) is 3.36. The van der Waals surface area contributed by atoms with Crippen LogP contribution in [0.4, 0.5) is 0 Å². The monoisotopic (exact) mass is 292 g/mol. The zero-order valence-corrected chi connectivity index (χ0v) is 11.9. The third-order valence-corrected chi connectivity index (χ3v) is 4.12. The highest BCUT2D eigenvalue weighted by atomic mass is 16.6. The summed E-state index contributed by atoms with van der Waals surface area (Å²) in [6.07, 6.45) is 2.56. The van der Waals surface area contributed by atoms with Crippen molar-refractivity contribution in [3.05, 3.63) is 29.8 Å². The van der Waals surface area contributed by atoms with Crippen LogP contribution in [0.25, 0.3) is 0 Å². The molecule has 1 spiro atoms. The number of ether oxygens (including phenoxy) is 3. The highest BCUT2D eigenvalue weighted by molar-refractivity contribution is 5.71. The van der Waals surface area contributed by atoms with Crippen LogP contribution in [0.1, 0.15) is 24.8 Å². The normalized spacial score (nSPS) is 28.7. The zero-order valence-electron chi connectivity index (χ0n) is 11.9. The molecule has 2 aliphatic rings. The number of carboxylic acid groups (broad SMARTS) is 1. The van der Waals surface area contributed by atoms with Crippen molar-refractivity contribution in [1.82, 2.24) is 0 Å². The minimum Gasteiger partial charge on any atom is -0.490 e. The summed E-state index contributed by atoms with van der Waals surface area (Å²) in [5.41, 5.74) is 0.512. The molecule has 5 heteroatoms. The molecule has 0 saturated carbocycles. The molecular weight excluding hydrogens is 272 g/mol. The van der Waals surface area contributed by atoms with Gasteiger partial charge in [0, 0.05) is 31.4 Å². The van der Waals surface area contributed by atoms with Gasteiger partial charge in [-0.05, 0) is 6.07 Å². The lowest BCUT2D eigenvalue weighted by molar-refractivity contribution is -0.136. The van der Waals surface area contributed by atoms with Crippen LogP contribution in [0.3, 0.4) is 0 Å². The average molecular weight is 292 g/mol. The second-order valence-electron chi connectivity index (χ2n) is 5.74. The summed E-state index contributed by atoms with van der Waals surface area (Å²) in [7, 11) is 0. The number of carbonyl (C=O) groups is 1. The first kappa shape index (κ1) is 14.4. The zero-order chi connectivity index (χ0) is 14.7. The van der Waals surface area contributed by atoms with Gasteiger partial charge >= 0.3 is 5.97 Å². The quantitative estimate of drug-likeness (QED) is 0.920. The first-order valence-electron chi connectivity index (χ1n) is 7.35. The van der Waals surface area contributed by atoms with E-state index < -0.39 is 5.97 Å². The van der Waals surface area contributed by atoms with Gasteiger partial charge in [-0.25, -0.2) is 0 Å². The Morgan fingerprint density at radius 2 is 2.24 bits per heavy atom. The molecule has 1 N–H and O–H groups in total. The van der Waals surface area contributed by atoms with Gasteiger partial charge in [-0.1, -0.05) is 18.2 Å². The van der Waals surface area contributed by atoms with Crippen LogP contribution in [-0.2, 0) is 20.7 Å². The molecule has 0 bridgehead atoms. The molecule has 114 valence electrons. The Kier molecular flexibility index (Phi) is 4.12. The second-order valence-corrected chi connectivity index (χ2v) is 5.74. The molecule has 2 saturated heterocycles. The average Bonchev–Trinajstić information content (AvgIpc) is 2.88. The fourth-order valence-electron chi connectivity index (χ4n) is 3.05. The number of aliphatic carboxylic acids is 1. The lowest BCUT2D eigenvalue weighted by Crippen LogP contribution is -2.44.